The Hall–Kier alpha value is -0.780. The van der Waals surface area contributed by atoms with E-state index in [0.717, 1.165) is 25.2 Å². The first kappa shape index (κ1) is 22.2. The molecule has 23 heavy (non-hydrogen) atoms. The predicted octanol–water partition coefficient (Wildman–Crippen LogP) is 2.64. The lowest BCUT2D eigenvalue weighted by Crippen LogP contribution is -2.35. The summed E-state index contributed by atoms with van der Waals surface area (Å²) in [4.78, 5) is 14.5. The Morgan fingerprint density at radius 1 is 1.43 bits per heavy atom. The molecule has 0 radical (unpaired) electrons. The number of rotatable bonds is 6. The number of aromatic nitrogens is 2. The summed E-state index contributed by atoms with van der Waals surface area (Å²) in [7, 11) is 1.90. The van der Waals surface area contributed by atoms with E-state index in [0.29, 0.717) is 24.8 Å². The maximum absolute atomic E-state index is 12.5. The highest BCUT2D eigenvalue weighted by molar-refractivity contribution is 5.85. The Morgan fingerprint density at radius 2 is 2.09 bits per heavy atom. The van der Waals surface area contributed by atoms with E-state index in [2.05, 4.69) is 17.3 Å². The first-order chi connectivity index (χ1) is 10.1. The van der Waals surface area contributed by atoms with Gasteiger partial charge in [0.05, 0.1) is 6.20 Å². The Bertz CT molecular complexity index is 461. The Balaban J connectivity index is 0.00000242. The van der Waals surface area contributed by atoms with Gasteiger partial charge < -0.3 is 10.2 Å². The third-order valence-electron chi connectivity index (χ3n) is 4.55. The molecule has 1 aromatic rings. The lowest BCUT2D eigenvalue weighted by molar-refractivity contribution is -0.133. The van der Waals surface area contributed by atoms with Gasteiger partial charge in [0.1, 0.15) is 0 Å². The fourth-order valence-corrected chi connectivity index (χ4v) is 3.13. The van der Waals surface area contributed by atoms with Gasteiger partial charge in [-0.25, -0.2) is 0 Å². The molecule has 1 aromatic heterocycles. The van der Waals surface area contributed by atoms with Crippen LogP contribution in [0, 0.1) is 11.8 Å². The van der Waals surface area contributed by atoms with Crippen LogP contribution in [-0.4, -0.2) is 40.2 Å². The number of hydrogen-bond acceptors (Lipinski definition) is 3. The minimum atomic E-state index is 0. The van der Waals surface area contributed by atoms with Crippen LogP contribution in [0.2, 0.25) is 0 Å². The fourth-order valence-electron chi connectivity index (χ4n) is 3.13. The van der Waals surface area contributed by atoms with Gasteiger partial charge in [-0.3, -0.25) is 9.48 Å². The van der Waals surface area contributed by atoms with E-state index in [9.17, 15) is 4.79 Å². The molecule has 1 aliphatic heterocycles. The number of hydrogen-bond donors (Lipinski definition) is 1. The third kappa shape index (κ3) is 6.69. The zero-order valence-electron chi connectivity index (χ0n) is 14.3. The second-order valence-corrected chi connectivity index (χ2v) is 6.20. The average Bonchev–Trinajstić information content (AvgIpc) is 2.90. The standard InChI is InChI=1S/C16H28N4O.2ClH/c1-4-20(12-14-10-18-19(3)11-14)16(21)9-13(2)15-5-7-17-8-6-15;;/h10-11,13,15,17H,4-9,12H2,1-3H3;2*1H. The van der Waals surface area contributed by atoms with Crippen molar-refractivity contribution >= 4 is 30.7 Å². The molecule has 1 saturated heterocycles. The summed E-state index contributed by atoms with van der Waals surface area (Å²) in [6, 6.07) is 0. The summed E-state index contributed by atoms with van der Waals surface area (Å²) in [5.41, 5.74) is 1.10. The Labute approximate surface area is 152 Å². The van der Waals surface area contributed by atoms with Gasteiger partial charge in [0.25, 0.3) is 0 Å². The fraction of sp³-hybridized carbons (Fsp3) is 0.750. The summed E-state index contributed by atoms with van der Waals surface area (Å²) >= 11 is 0. The molecule has 0 saturated carbocycles. The molecule has 5 nitrogen and oxygen atoms in total. The number of aryl methyl sites for hydroxylation is 1. The number of amides is 1. The predicted molar refractivity (Wildman–Crippen MR) is 98.2 cm³/mol. The first-order valence-corrected chi connectivity index (χ1v) is 8.06. The van der Waals surface area contributed by atoms with Gasteiger partial charge in [-0.1, -0.05) is 6.92 Å². The van der Waals surface area contributed by atoms with Gasteiger partial charge in [0.15, 0.2) is 0 Å². The van der Waals surface area contributed by atoms with Crippen LogP contribution in [0.25, 0.3) is 0 Å². The lowest BCUT2D eigenvalue weighted by Gasteiger charge is -2.29. The molecule has 1 unspecified atom stereocenters. The molecule has 1 N–H and O–H groups in total. The quantitative estimate of drug-likeness (QED) is 0.843. The van der Waals surface area contributed by atoms with Crippen molar-refractivity contribution in [3.63, 3.8) is 0 Å². The van der Waals surface area contributed by atoms with E-state index in [1.165, 1.54) is 12.8 Å². The summed E-state index contributed by atoms with van der Waals surface area (Å²) in [5.74, 6) is 1.43. The van der Waals surface area contributed by atoms with Crippen LogP contribution < -0.4 is 5.32 Å². The molecule has 7 heteroatoms. The molecule has 1 fully saturated rings. The zero-order chi connectivity index (χ0) is 15.2. The summed E-state index contributed by atoms with van der Waals surface area (Å²) in [5, 5.41) is 7.56. The molecule has 2 rings (SSSR count). The number of carbonyl (C=O) groups is 1. The highest BCUT2D eigenvalue weighted by Gasteiger charge is 2.24. The van der Waals surface area contributed by atoms with Gasteiger partial charge in [0, 0.05) is 38.3 Å². The zero-order valence-corrected chi connectivity index (χ0v) is 16.0. The average molecular weight is 365 g/mol. The van der Waals surface area contributed by atoms with E-state index in [1.807, 2.05) is 31.3 Å². The normalized spacial score (nSPS) is 16.1. The van der Waals surface area contributed by atoms with Gasteiger partial charge in [-0.05, 0) is 44.7 Å². The van der Waals surface area contributed by atoms with Crippen LogP contribution in [0.3, 0.4) is 0 Å². The monoisotopic (exact) mass is 364 g/mol. The summed E-state index contributed by atoms with van der Waals surface area (Å²) in [6.07, 6.45) is 6.88. The maximum Gasteiger partial charge on any atom is 0.223 e. The number of nitrogens with zero attached hydrogens (tertiary/aromatic N) is 3. The molecular formula is C16H30Cl2N4O. The molecular weight excluding hydrogens is 335 g/mol. The second kappa shape index (κ2) is 10.9. The van der Waals surface area contributed by atoms with E-state index in [-0.39, 0.29) is 30.7 Å². The van der Waals surface area contributed by atoms with Crippen LogP contribution in [0.5, 0.6) is 0 Å². The molecule has 0 bridgehead atoms. The topological polar surface area (TPSA) is 50.2 Å². The maximum atomic E-state index is 12.5. The minimum Gasteiger partial charge on any atom is -0.339 e. The molecule has 1 aliphatic rings. The number of halogens is 2. The molecule has 0 aliphatic carbocycles. The SMILES string of the molecule is CCN(Cc1cnn(C)c1)C(=O)CC(C)C1CCNCC1.Cl.Cl. The van der Waals surface area contributed by atoms with Crippen molar-refractivity contribution in [2.24, 2.45) is 18.9 Å². The first-order valence-electron chi connectivity index (χ1n) is 8.06. The van der Waals surface area contributed by atoms with Crippen molar-refractivity contribution in [3.8, 4) is 0 Å². The third-order valence-corrected chi connectivity index (χ3v) is 4.55. The van der Waals surface area contributed by atoms with Gasteiger partial charge >= 0.3 is 0 Å². The van der Waals surface area contributed by atoms with E-state index in [4.69, 9.17) is 0 Å². The smallest absolute Gasteiger partial charge is 0.223 e. The van der Waals surface area contributed by atoms with Crippen molar-refractivity contribution in [2.45, 2.75) is 39.7 Å². The number of nitrogens with one attached hydrogen (secondary N) is 1. The van der Waals surface area contributed by atoms with E-state index < -0.39 is 0 Å². The minimum absolute atomic E-state index is 0. The van der Waals surface area contributed by atoms with Crippen LogP contribution in [0.4, 0.5) is 0 Å². The molecule has 1 amide bonds. The van der Waals surface area contributed by atoms with Crippen LogP contribution in [0.15, 0.2) is 12.4 Å². The second-order valence-electron chi connectivity index (χ2n) is 6.20. The van der Waals surface area contributed by atoms with Crippen molar-refractivity contribution in [2.75, 3.05) is 19.6 Å². The Morgan fingerprint density at radius 3 is 2.61 bits per heavy atom. The summed E-state index contributed by atoms with van der Waals surface area (Å²) < 4.78 is 1.78. The molecule has 1 atom stereocenters. The van der Waals surface area contributed by atoms with Crippen LogP contribution >= 0.6 is 24.8 Å². The van der Waals surface area contributed by atoms with E-state index >= 15 is 0 Å². The van der Waals surface area contributed by atoms with Crippen molar-refractivity contribution < 1.29 is 4.79 Å². The van der Waals surface area contributed by atoms with Gasteiger partial charge in [-0.15, -0.1) is 24.8 Å². The number of piperidine rings is 1. The largest absolute Gasteiger partial charge is 0.339 e. The lowest BCUT2D eigenvalue weighted by atomic mass is 9.84. The molecule has 0 aromatic carbocycles. The Kier molecular flexibility index (Phi) is 10.5. The van der Waals surface area contributed by atoms with Gasteiger partial charge in [0.2, 0.25) is 5.91 Å². The van der Waals surface area contributed by atoms with E-state index in [1.54, 1.807) is 4.68 Å². The molecule has 2 heterocycles. The number of carbonyl (C=O) groups excluding carboxylic acids is 1. The van der Waals surface area contributed by atoms with Crippen LogP contribution in [-0.2, 0) is 18.4 Å². The molecule has 134 valence electrons. The van der Waals surface area contributed by atoms with Crippen molar-refractivity contribution in [3.05, 3.63) is 18.0 Å². The van der Waals surface area contributed by atoms with Crippen LogP contribution in [0.1, 0.15) is 38.7 Å². The van der Waals surface area contributed by atoms with Gasteiger partial charge in [-0.2, -0.15) is 5.10 Å². The summed E-state index contributed by atoms with van der Waals surface area (Å²) in [6.45, 7) is 7.89. The highest BCUT2D eigenvalue weighted by atomic mass is 35.5. The van der Waals surface area contributed by atoms with Crippen molar-refractivity contribution in [1.29, 1.82) is 0 Å². The molecule has 0 spiro atoms. The van der Waals surface area contributed by atoms with Crippen molar-refractivity contribution in [1.82, 2.24) is 20.0 Å². The highest BCUT2D eigenvalue weighted by Crippen LogP contribution is 2.25.